The fourth-order valence-electron chi connectivity index (χ4n) is 2.98. The summed E-state index contributed by atoms with van der Waals surface area (Å²) in [5.41, 5.74) is 1.56. The summed E-state index contributed by atoms with van der Waals surface area (Å²) in [6.07, 6.45) is 1.50. The van der Waals surface area contributed by atoms with Crippen LogP contribution in [0.3, 0.4) is 0 Å². The maximum Gasteiger partial charge on any atom is 0.256 e. The molecule has 1 amide bonds. The Bertz CT molecular complexity index is 988. The number of benzene rings is 1. The molecule has 8 nitrogen and oxygen atoms in total. The van der Waals surface area contributed by atoms with Crippen LogP contribution in [0.15, 0.2) is 29.4 Å². The second-order valence-electron chi connectivity index (χ2n) is 6.37. The predicted molar refractivity (Wildman–Crippen MR) is 97.4 cm³/mol. The van der Waals surface area contributed by atoms with Crippen LogP contribution in [-0.4, -0.2) is 55.4 Å². The van der Waals surface area contributed by atoms with Gasteiger partial charge in [-0.15, -0.1) is 0 Å². The van der Waals surface area contributed by atoms with Gasteiger partial charge in [0.1, 0.15) is 18.0 Å². The third-order valence-electron chi connectivity index (χ3n) is 4.67. The van der Waals surface area contributed by atoms with E-state index in [-0.39, 0.29) is 10.5 Å². The number of aryl methyl sites for hydroxylation is 1. The number of hydrogen-bond acceptors (Lipinski definition) is 6. The summed E-state index contributed by atoms with van der Waals surface area (Å²) in [6, 6.07) is 2.97. The number of anilines is 1. The number of piperazine rings is 1. The molecule has 2 aromatic rings. The predicted octanol–water partition coefficient (Wildman–Crippen LogP) is 0.842. The lowest BCUT2D eigenvalue weighted by molar-refractivity contribution is 0.0741. The molecular formula is C17H20FN5O3S. The van der Waals surface area contributed by atoms with Crippen molar-refractivity contribution < 1.29 is 17.6 Å². The molecule has 3 rings (SSSR count). The number of nitrogens with zero attached hydrogens (tertiary/aromatic N) is 4. The largest absolute Gasteiger partial charge is 0.353 e. The topological polar surface area (TPSA) is 109 Å². The second kappa shape index (κ2) is 7.20. The minimum Gasteiger partial charge on any atom is -0.353 e. The molecule has 0 atom stereocenters. The number of carbonyl (C=O) groups is 1. The van der Waals surface area contributed by atoms with E-state index in [4.69, 9.17) is 5.14 Å². The van der Waals surface area contributed by atoms with Crippen LogP contribution in [0.25, 0.3) is 0 Å². The molecule has 1 aromatic carbocycles. The van der Waals surface area contributed by atoms with Crippen LogP contribution in [0.1, 0.15) is 21.6 Å². The lowest BCUT2D eigenvalue weighted by Crippen LogP contribution is -2.49. The summed E-state index contributed by atoms with van der Waals surface area (Å²) in [6.45, 7) is 5.62. The highest BCUT2D eigenvalue weighted by molar-refractivity contribution is 7.89. The number of sulfonamides is 1. The fraction of sp³-hybridized carbons (Fsp3) is 0.353. The van der Waals surface area contributed by atoms with Gasteiger partial charge in [-0.2, -0.15) is 0 Å². The van der Waals surface area contributed by atoms with Crippen molar-refractivity contribution in [2.75, 3.05) is 31.1 Å². The highest BCUT2D eigenvalue weighted by Gasteiger charge is 2.26. The van der Waals surface area contributed by atoms with Crippen LogP contribution >= 0.6 is 0 Å². The molecule has 1 aliphatic heterocycles. The van der Waals surface area contributed by atoms with Gasteiger partial charge in [0, 0.05) is 37.4 Å². The first-order valence-corrected chi connectivity index (χ1v) is 9.88. The number of carbonyl (C=O) groups excluding carboxylic acids is 1. The van der Waals surface area contributed by atoms with Crippen LogP contribution in [0.5, 0.6) is 0 Å². The maximum atomic E-state index is 14.1. The molecule has 0 spiro atoms. The first-order valence-electron chi connectivity index (χ1n) is 8.33. The minimum absolute atomic E-state index is 0.294. The van der Waals surface area contributed by atoms with Crippen molar-refractivity contribution in [3.05, 3.63) is 47.2 Å². The van der Waals surface area contributed by atoms with Gasteiger partial charge in [0.2, 0.25) is 10.0 Å². The Kier molecular flexibility index (Phi) is 5.11. The number of hydrogen-bond donors (Lipinski definition) is 1. The molecule has 27 heavy (non-hydrogen) atoms. The van der Waals surface area contributed by atoms with Gasteiger partial charge < -0.3 is 9.80 Å². The first-order chi connectivity index (χ1) is 12.7. The molecule has 1 aromatic heterocycles. The van der Waals surface area contributed by atoms with Crippen LogP contribution in [0.4, 0.5) is 10.2 Å². The zero-order valence-corrected chi connectivity index (χ0v) is 15.8. The van der Waals surface area contributed by atoms with Crippen LogP contribution in [-0.2, 0) is 10.0 Å². The molecule has 0 saturated carbocycles. The second-order valence-corrected chi connectivity index (χ2v) is 7.94. The van der Waals surface area contributed by atoms with E-state index in [1.165, 1.54) is 11.2 Å². The lowest BCUT2D eigenvalue weighted by atomic mass is 10.1. The quantitative estimate of drug-likeness (QED) is 0.828. The highest BCUT2D eigenvalue weighted by atomic mass is 32.2. The Balaban J connectivity index is 1.77. The van der Waals surface area contributed by atoms with E-state index in [1.54, 1.807) is 0 Å². The summed E-state index contributed by atoms with van der Waals surface area (Å²) in [5.74, 6) is -0.526. The van der Waals surface area contributed by atoms with E-state index in [2.05, 4.69) is 9.97 Å². The summed E-state index contributed by atoms with van der Waals surface area (Å²) in [4.78, 5) is 24.4. The van der Waals surface area contributed by atoms with Crippen LogP contribution in [0, 0.1) is 19.7 Å². The van der Waals surface area contributed by atoms with Gasteiger partial charge in [0.15, 0.2) is 0 Å². The highest BCUT2D eigenvalue weighted by Crippen LogP contribution is 2.21. The molecule has 144 valence electrons. The number of halogens is 1. The molecule has 0 radical (unpaired) electrons. The van der Waals surface area contributed by atoms with Crippen LogP contribution < -0.4 is 10.0 Å². The summed E-state index contributed by atoms with van der Waals surface area (Å²) in [7, 11) is -4.02. The molecule has 1 saturated heterocycles. The van der Waals surface area contributed by atoms with E-state index in [0.29, 0.717) is 26.2 Å². The average molecular weight is 393 g/mol. The van der Waals surface area contributed by atoms with E-state index in [9.17, 15) is 17.6 Å². The Hall–Kier alpha value is -2.59. The van der Waals surface area contributed by atoms with Gasteiger partial charge in [0.05, 0.1) is 10.5 Å². The van der Waals surface area contributed by atoms with Crippen molar-refractivity contribution in [3.63, 3.8) is 0 Å². The van der Waals surface area contributed by atoms with Crippen molar-refractivity contribution >= 4 is 21.7 Å². The molecule has 1 aliphatic rings. The van der Waals surface area contributed by atoms with Gasteiger partial charge >= 0.3 is 0 Å². The lowest BCUT2D eigenvalue weighted by Gasteiger charge is -2.36. The molecule has 1 fully saturated rings. The van der Waals surface area contributed by atoms with Crippen molar-refractivity contribution in [3.8, 4) is 0 Å². The summed E-state index contributed by atoms with van der Waals surface area (Å²) in [5, 5.41) is 5.07. The van der Waals surface area contributed by atoms with Gasteiger partial charge in [-0.3, -0.25) is 4.79 Å². The van der Waals surface area contributed by atoms with Gasteiger partial charge in [-0.25, -0.2) is 27.9 Å². The van der Waals surface area contributed by atoms with Crippen molar-refractivity contribution in [2.45, 2.75) is 18.7 Å². The Morgan fingerprint density at radius 2 is 1.81 bits per heavy atom. The first kappa shape index (κ1) is 19.2. The zero-order valence-electron chi connectivity index (χ0n) is 15.0. The number of nitrogens with two attached hydrogens (primary N) is 1. The monoisotopic (exact) mass is 393 g/mol. The van der Waals surface area contributed by atoms with Gasteiger partial charge in [-0.1, -0.05) is 0 Å². The van der Waals surface area contributed by atoms with Crippen molar-refractivity contribution in [2.24, 2.45) is 5.14 Å². The standard InChI is InChI=1S/C17H20FN5O3S/c1-11-12(2)20-10-21-16(11)22-5-7-23(8-6-22)17(24)14-9-13(27(19,25)26)3-4-15(14)18/h3-4,9-10H,5-8H2,1-2H3,(H2,19,25,26). The van der Waals surface area contributed by atoms with Gasteiger partial charge in [-0.05, 0) is 32.0 Å². The number of aromatic nitrogens is 2. The third-order valence-corrected chi connectivity index (χ3v) is 5.58. The smallest absolute Gasteiger partial charge is 0.256 e. The number of primary sulfonamides is 1. The molecule has 10 heteroatoms. The summed E-state index contributed by atoms with van der Waals surface area (Å²) < 4.78 is 37.0. The average Bonchev–Trinajstić information content (AvgIpc) is 2.63. The van der Waals surface area contributed by atoms with Gasteiger partial charge in [0.25, 0.3) is 5.91 Å². The van der Waals surface area contributed by atoms with Crippen LogP contribution in [0.2, 0.25) is 0 Å². The minimum atomic E-state index is -4.02. The maximum absolute atomic E-state index is 14.1. The Morgan fingerprint density at radius 1 is 1.15 bits per heavy atom. The van der Waals surface area contributed by atoms with E-state index < -0.39 is 21.7 Å². The normalized spacial score (nSPS) is 15.1. The molecule has 0 aliphatic carbocycles. The Labute approximate surface area is 156 Å². The SMILES string of the molecule is Cc1ncnc(N2CCN(C(=O)c3cc(S(N)(=O)=O)ccc3F)CC2)c1C. The third kappa shape index (κ3) is 3.91. The number of amides is 1. The van der Waals surface area contributed by atoms with E-state index in [1.807, 2.05) is 18.7 Å². The molecule has 2 heterocycles. The van der Waals surface area contributed by atoms with E-state index in [0.717, 1.165) is 35.3 Å². The Morgan fingerprint density at radius 3 is 2.44 bits per heavy atom. The summed E-state index contributed by atoms with van der Waals surface area (Å²) >= 11 is 0. The molecule has 0 unspecified atom stereocenters. The van der Waals surface area contributed by atoms with E-state index >= 15 is 0 Å². The van der Waals surface area contributed by atoms with Crippen molar-refractivity contribution in [1.82, 2.24) is 14.9 Å². The fourth-order valence-corrected chi connectivity index (χ4v) is 3.52. The molecule has 2 N–H and O–H groups in total. The molecular weight excluding hydrogens is 373 g/mol. The molecule has 0 bridgehead atoms. The number of rotatable bonds is 3. The zero-order chi connectivity index (χ0) is 19.8. The van der Waals surface area contributed by atoms with Crippen molar-refractivity contribution in [1.29, 1.82) is 0 Å².